The quantitative estimate of drug-likeness (QED) is 0.786. The lowest BCUT2D eigenvalue weighted by Gasteiger charge is -2.30. The van der Waals surface area contributed by atoms with Crippen molar-refractivity contribution in [1.82, 2.24) is 5.32 Å². The molecular formula is C21H26F3NO3. The molecule has 0 bridgehead atoms. The van der Waals surface area contributed by atoms with Gasteiger partial charge in [-0.25, -0.2) is 0 Å². The number of nitrogens with one attached hydrogen (secondary N) is 1. The second-order valence-corrected chi connectivity index (χ2v) is 8.39. The number of ether oxygens (including phenoxy) is 1. The lowest BCUT2D eigenvalue weighted by atomic mass is 9.76. The van der Waals surface area contributed by atoms with Gasteiger partial charge in [0.05, 0.1) is 11.0 Å². The molecule has 0 saturated carbocycles. The summed E-state index contributed by atoms with van der Waals surface area (Å²) in [6.07, 6.45) is -1.46. The molecule has 1 aromatic carbocycles. The Morgan fingerprint density at radius 3 is 2.36 bits per heavy atom. The van der Waals surface area contributed by atoms with Crippen LogP contribution in [0.4, 0.5) is 13.2 Å². The average Bonchev–Trinajstić information content (AvgIpc) is 2.94. The molecule has 0 saturated heterocycles. The Morgan fingerprint density at radius 2 is 1.89 bits per heavy atom. The van der Waals surface area contributed by atoms with Crippen LogP contribution in [0.1, 0.15) is 52.2 Å². The first-order valence-electron chi connectivity index (χ1n) is 9.14. The zero-order chi connectivity index (χ0) is 21.3. The Labute approximate surface area is 163 Å². The van der Waals surface area contributed by atoms with E-state index in [1.807, 2.05) is 13.8 Å². The van der Waals surface area contributed by atoms with Crippen molar-refractivity contribution in [1.29, 1.82) is 0 Å². The number of amides is 1. The van der Waals surface area contributed by atoms with Crippen LogP contribution in [0, 0.1) is 11.3 Å². The molecule has 154 valence electrons. The van der Waals surface area contributed by atoms with Gasteiger partial charge in [-0.1, -0.05) is 19.9 Å². The van der Waals surface area contributed by atoms with E-state index < -0.39 is 22.8 Å². The number of benzene rings is 1. The van der Waals surface area contributed by atoms with E-state index in [2.05, 4.69) is 5.32 Å². The molecule has 1 aliphatic rings. The van der Waals surface area contributed by atoms with Crippen LogP contribution in [0.5, 0.6) is 5.75 Å². The monoisotopic (exact) mass is 397 g/mol. The molecule has 0 aromatic heterocycles. The summed E-state index contributed by atoms with van der Waals surface area (Å²) in [5, 5.41) is 2.70. The topological polar surface area (TPSA) is 55.4 Å². The van der Waals surface area contributed by atoms with Gasteiger partial charge in [0.2, 0.25) is 5.91 Å². The molecule has 2 rings (SSSR count). The first-order valence-corrected chi connectivity index (χ1v) is 9.14. The summed E-state index contributed by atoms with van der Waals surface area (Å²) in [6.45, 7) is 8.90. The Balaban J connectivity index is 2.29. The zero-order valence-corrected chi connectivity index (χ0v) is 16.7. The minimum absolute atomic E-state index is 0.0600. The largest absolute Gasteiger partial charge is 0.488 e. The third-order valence-electron chi connectivity index (χ3n) is 4.73. The van der Waals surface area contributed by atoms with Gasteiger partial charge in [0.25, 0.3) is 0 Å². The molecule has 0 unspecified atom stereocenters. The molecule has 1 atom stereocenters. The number of halogens is 3. The summed E-state index contributed by atoms with van der Waals surface area (Å²) in [7, 11) is 0. The Morgan fingerprint density at radius 1 is 1.25 bits per heavy atom. The summed E-state index contributed by atoms with van der Waals surface area (Å²) in [5.74, 6) is -0.386. The molecule has 7 heteroatoms. The van der Waals surface area contributed by atoms with Gasteiger partial charge in [-0.05, 0) is 51.0 Å². The maximum Gasteiger partial charge on any atom is 0.416 e. The Hall–Kier alpha value is -2.31. The van der Waals surface area contributed by atoms with Crippen LogP contribution < -0.4 is 10.1 Å². The number of allylic oxidation sites excluding steroid dienone is 1. The second kappa shape index (κ2) is 7.60. The van der Waals surface area contributed by atoms with Crippen LogP contribution in [-0.4, -0.2) is 17.3 Å². The molecule has 1 aromatic rings. The van der Waals surface area contributed by atoms with Gasteiger partial charge in [0.15, 0.2) is 5.78 Å². The summed E-state index contributed by atoms with van der Waals surface area (Å²) in [6, 6.07) is 3.21. The SMILES string of the molecule is CC(C)[C@]1(C(=O)NCc2cc(C(F)(F)F)ccc2OC(C)(C)C)C=CC(=O)C1. The molecule has 1 amide bonds. The van der Waals surface area contributed by atoms with Crippen molar-refractivity contribution >= 4 is 11.7 Å². The fourth-order valence-electron chi connectivity index (χ4n) is 3.13. The number of alkyl halides is 3. The number of hydrogen-bond acceptors (Lipinski definition) is 3. The molecule has 1 aliphatic carbocycles. The van der Waals surface area contributed by atoms with E-state index in [1.165, 1.54) is 12.1 Å². The third kappa shape index (κ3) is 4.94. The summed E-state index contributed by atoms with van der Waals surface area (Å²) < 4.78 is 45.1. The predicted octanol–water partition coefficient (Wildman–Crippen LogP) is 4.67. The fraction of sp³-hybridized carbons (Fsp3) is 0.524. The highest BCUT2D eigenvalue weighted by Crippen LogP contribution is 2.38. The van der Waals surface area contributed by atoms with Crippen molar-refractivity contribution in [2.45, 2.75) is 59.4 Å². The highest BCUT2D eigenvalue weighted by atomic mass is 19.4. The molecule has 0 heterocycles. The van der Waals surface area contributed by atoms with Crippen molar-refractivity contribution < 1.29 is 27.5 Å². The van der Waals surface area contributed by atoms with Gasteiger partial charge in [-0.3, -0.25) is 9.59 Å². The molecule has 28 heavy (non-hydrogen) atoms. The lowest BCUT2D eigenvalue weighted by Crippen LogP contribution is -2.42. The van der Waals surface area contributed by atoms with Gasteiger partial charge in [0.1, 0.15) is 11.4 Å². The van der Waals surface area contributed by atoms with Gasteiger partial charge < -0.3 is 10.1 Å². The lowest BCUT2D eigenvalue weighted by molar-refractivity contribution is -0.137. The maximum atomic E-state index is 13.1. The Bertz CT molecular complexity index is 791. The molecule has 0 radical (unpaired) electrons. The normalized spacial score (nSPS) is 20.0. The second-order valence-electron chi connectivity index (χ2n) is 8.39. The first kappa shape index (κ1) is 22.0. The van der Waals surface area contributed by atoms with E-state index in [0.29, 0.717) is 0 Å². The maximum absolute atomic E-state index is 13.1. The van der Waals surface area contributed by atoms with Crippen LogP contribution in [-0.2, 0) is 22.3 Å². The molecule has 1 N–H and O–H groups in total. The van der Waals surface area contributed by atoms with E-state index in [4.69, 9.17) is 4.74 Å². The zero-order valence-electron chi connectivity index (χ0n) is 16.7. The minimum Gasteiger partial charge on any atom is -0.488 e. The van der Waals surface area contributed by atoms with Crippen molar-refractivity contribution in [3.8, 4) is 5.75 Å². The van der Waals surface area contributed by atoms with Crippen molar-refractivity contribution in [3.05, 3.63) is 41.5 Å². The van der Waals surface area contributed by atoms with Gasteiger partial charge in [0, 0.05) is 18.5 Å². The molecule has 0 fully saturated rings. The van der Waals surface area contributed by atoms with Gasteiger partial charge in [-0.15, -0.1) is 0 Å². The van der Waals surface area contributed by atoms with Crippen LogP contribution in [0.15, 0.2) is 30.4 Å². The summed E-state index contributed by atoms with van der Waals surface area (Å²) >= 11 is 0. The Kier molecular flexibility index (Phi) is 5.97. The highest BCUT2D eigenvalue weighted by Gasteiger charge is 2.43. The van der Waals surface area contributed by atoms with Gasteiger partial charge in [-0.2, -0.15) is 13.2 Å². The van der Waals surface area contributed by atoms with Crippen molar-refractivity contribution in [2.75, 3.05) is 0 Å². The van der Waals surface area contributed by atoms with E-state index in [0.717, 1.165) is 12.1 Å². The number of carbonyl (C=O) groups excluding carboxylic acids is 2. The summed E-state index contributed by atoms with van der Waals surface area (Å²) in [5.41, 5.74) is -2.18. The van der Waals surface area contributed by atoms with Gasteiger partial charge >= 0.3 is 6.18 Å². The molecule has 4 nitrogen and oxygen atoms in total. The molecule has 0 spiro atoms. The standard InChI is InChI=1S/C21H26F3NO3/c1-13(2)20(9-8-16(26)11-20)18(27)25-12-14-10-15(21(22,23)24)6-7-17(14)28-19(3,4)5/h6-10,13H,11-12H2,1-5H3,(H,25,27)/t20-/m0/s1. The minimum atomic E-state index is -4.50. The van der Waals surface area contributed by atoms with Crippen LogP contribution in [0.2, 0.25) is 0 Å². The van der Waals surface area contributed by atoms with Crippen LogP contribution in [0.3, 0.4) is 0 Å². The first-order chi connectivity index (χ1) is 12.7. The average molecular weight is 397 g/mol. The smallest absolute Gasteiger partial charge is 0.416 e. The molecule has 0 aliphatic heterocycles. The number of hydrogen-bond donors (Lipinski definition) is 1. The van der Waals surface area contributed by atoms with Crippen LogP contribution >= 0.6 is 0 Å². The third-order valence-corrected chi connectivity index (χ3v) is 4.73. The highest BCUT2D eigenvalue weighted by molar-refractivity contribution is 6.00. The van der Waals surface area contributed by atoms with E-state index in [-0.39, 0.29) is 41.9 Å². The van der Waals surface area contributed by atoms with Crippen molar-refractivity contribution in [3.63, 3.8) is 0 Å². The number of rotatable bonds is 5. The van der Waals surface area contributed by atoms with E-state index in [9.17, 15) is 22.8 Å². The molecular weight excluding hydrogens is 371 g/mol. The van der Waals surface area contributed by atoms with E-state index >= 15 is 0 Å². The van der Waals surface area contributed by atoms with Crippen LogP contribution in [0.25, 0.3) is 0 Å². The predicted molar refractivity (Wildman–Crippen MR) is 99.7 cm³/mol. The number of carbonyl (C=O) groups is 2. The summed E-state index contributed by atoms with van der Waals surface area (Å²) in [4.78, 5) is 24.5. The van der Waals surface area contributed by atoms with E-state index in [1.54, 1.807) is 26.8 Å². The fourth-order valence-corrected chi connectivity index (χ4v) is 3.13. The van der Waals surface area contributed by atoms with Crippen molar-refractivity contribution in [2.24, 2.45) is 11.3 Å². The number of ketones is 1.